The summed E-state index contributed by atoms with van der Waals surface area (Å²) in [5.41, 5.74) is 1.86. The van der Waals surface area contributed by atoms with Crippen LogP contribution in [-0.4, -0.2) is 7.11 Å². The van der Waals surface area contributed by atoms with E-state index in [2.05, 4.69) is 12.2 Å². The van der Waals surface area contributed by atoms with Gasteiger partial charge in [0.1, 0.15) is 11.6 Å². The molecule has 0 heterocycles. The molecule has 0 aliphatic carbocycles. The molecule has 0 spiro atoms. The molecule has 1 unspecified atom stereocenters. The van der Waals surface area contributed by atoms with Crippen molar-refractivity contribution in [1.29, 1.82) is 0 Å². The smallest absolute Gasteiger partial charge is 0.141 e. The summed E-state index contributed by atoms with van der Waals surface area (Å²) in [7, 11) is 1.64. The Morgan fingerprint density at radius 1 is 1.16 bits per heavy atom. The zero-order valence-corrected chi connectivity index (χ0v) is 11.2. The van der Waals surface area contributed by atoms with Crippen LogP contribution >= 0.6 is 0 Å². The van der Waals surface area contributed by atoms with E-state index in [-0.39, 0.29) is 11.9 Å². The second-order valence-electron chi connectivity index (χ2n) is 4.36. The van der Waals surface area contributed by atoms with Gasteiger partial charge in [0.25, 0.3) is 0 Å². The Bertz CT molecular complexity index is 542. The summed E-state index contributed by atoms with van der Waals surface area (Å²) in [6.45, 7) is 2.07. The number of para-hydroxylation sites is 2. The molecular formula is C16H18FNO. The molecule has 1 atom stereocenters. The summed E-state index contributed by atoms with van der Waals surface area (Å²) in [4.78, 5) is 0. The average molecular weight is 259 g/mol. The van der Waals surface area contributed by atoms with E-state index in [0.29, 0.717) is 0 Å². The van der Waals surface area contributed by atoms with E-state index in [1.165, 1.54) is 6.07 Å². The first-order valence-electron chi connectivity index (χ1n) is 6.39. The van der Waals surface area contributed by atoms with Crippen molar-refractivity contribution >= 4 is 5.69 Å². The summed E-state index contributed by atoms with van der Waals surface area (Å²) in [6.07, 6.45) is 0.863. The van der Waals surface area contributed by atoms with Gasteiger partial charge < -0.3 is 10.1 Å². The molecule has 100 valence electrons. The molecule has 0 aliphatic rings. The Balaban J connectivity index is 2.24. The number of halogens is 1. The van der Waals surface area contributed by atoms with Crippen LogP contribution < -0.4 is 10.1 Å². The quantitative estimate of drug-likeness (QED) is 0.859. The van der Waals surface area contributed by atoms with E-state index in [4.69, 9.17) is 4.74 Å². The van der Waals surface area contributed by atoms with Gasteiger partial charge in [0.2, 0.25) is 0 Å². The Hall–Kier alpha value is -2.03. The first-order chi connectivity index (χ1) is 9.24. The Labute approximate surface area is 113 Å². The highest BCUT2D eigenvalue weighted by Crippen LogP contribution is 2.29. The third kappa shape index (κ3) is 3.25. The number of hydrogen-bond acceptors (Lipinski definition) is 2. The number of anilines is 1. The van der Waals surface area contributed by atoms with Crippen molar-refractivity contribution in [3.63, 3.8) is 0 Å². The van der Waals surface area contributed by atoms with Crippen molar-refractivity contribution in [3.8, 4) is 5.75 Å². The highest BCUT2D eigenvalue weighted by Gasteiger charge is 2.12. The Morgan fingerprint density at radius 3 is 2.63 bits per heavy atom. The Kier molecular flexibility index (Phi) is 4.39. The maximum absolute atomic E-state index is 13.3. The molecule has 0 saturated carbocycles. The first-order valence-corrected chi connectivity index (χ1v) is 6.39. The molecule has 0 radical (unpaired) electrons. The van der Waals surface area contributed by atoms with Gasteiger partial charge in [0.15, 0.2) is 0 Å². The maximum atomic E-state index is 13.3. The molecule has 1 N–H and O–H groups in total. The fraction of sp³-hybridized carbons (Fsp3) is 0.250. The highest BCUT2D eigenvalue weighted by atomic mass is 19.1. The number of benzene rings is 2. The zero-order chi connectivity index (χ0) is 13.7. The predicted octanol–water partition coefficient (Wildman–Crippen LogP) is 4.40. The molecule has 0 fully saturated rings. The minimum absolute atomic E-state index is 0.0620. The van der Waals surface area contributed by atoms with Gasteiger partial charge in [-0.25, -0.2) is 4.39 Å². The fourth-order valence-electron chi connectivity index (χ4n) is 2.10. The molecule has 0 bridgehead atoms. The van der Waals surface area contributed by atoms with Gasteiger partial charge in [-0.05, 0) is 36.2 Å². The van der Waals surface area contributed by atoms with Crippen LogP contribution in [0.2, 0.25) is 0 Å². The van der Waals surface area contributed by atoms with Gasteiger partial charge in [0.05, 0.1) is 18.8 Å². The van der Waals surface area contributed by atoms with Gasteiger partial charge in [0, 0.05) is 0 Å². The number of nitrogens with one attached hydrogen (secondary N) is 1. The van der Waals surface area contributed by atoms with Crippen LogP contribution in [0.1, 0.15) is 24.9 Å². The van der Waals surface area contributed by atoms with Crippen molar-refractivity contribution < 1.29 is 9.13 Å². The number of rotatable bonds is 5. The molecule has 19 heavy (non-hydrogen) atoms. The first kappa shape index (κ1) is 13.4. The van der Waals surface area contributed by atoms with Gasteiger partial charge >= 0.3 is 0 Å². The molecule has 0 amide bonds. The monoisotopic (exact) mass is 259 g/mol. The van der Waals surface area contributed by atoms with Crippen LogP contribution in [0.25, 0.3) is 0 Å². The van der Waals surface area contributed by atoms with E-state index in [1.807, 2.05) is 30.3 Å². The van der Waals surface area contributed by atoms with Gasteiger partial charge in [-0.3, -0.25) is 0 Å². The summed E-state index contributed by atoms with van der Waals surface area (Å²) in [5.74, 6) is 0.579. The molecule has 0 saturated heterocycles. The number of hydrogen-bond donors (Lipinski definition) is 1. The SMILES string of the molecule is CCC(Nc1ccccc1OC)c1cccc(F)c1. The van der Waals surface area contributed by atoms with E-state index < -0.39 is 0 Å². The molecule has 2 aromatic carbocycles. The van der Waals surface area contributed by atoms with Crippen LogP contribution in [0.3, 0.4) is 0 Å². The molecule has 3 heteroatoms. The minimum Gasteiger partial charge on any atom is -0.495 e. The van der Waals surface area contributed by atoms with Crippen LogP contribution in [0.4, 0.5) is 10.1 Å². The zero-order valence-electron chi connectivity index (χ0n) is 11.2. The normalized spacial score (nSPS) is 11.9. The minimum atomic E-state index is -0.210. The van der Waals surface area contributed by atoms with Gasteiger partial charge in [-0.15, -0.1) is 0 Å². The summed E-state index contributed by atoms with van der Waals surface area (Å²) in [5, 5.41) is 3.40. The van der Waals surface area contributed by atoms with Crippen LogP contribution in [0, 0.1) is 5.82 Å². The predicted molar refractivity (Wildman–Crippen MR) is 76.0 cm³/mol. The molecule has 0 aliphatic heterocycles. The second-order valence-corrected chi connectivity index (χ2v) is 4.36. The molecule has 2 nitrogen and oxygen atoms in total. The topological polar surface area (TPSA) is 21.3 Å². The second kappa shape index (κ2) is 6.23. The molecular weight excluding hydrogens is 241 g/mol. The van der Waals surface area contributed by atoms with E-state index in [1.54, 1.807) is 19.2 Å². The van der Waals surface area contributed by atoms with Crippen LogP contribution in [0.5, 0.6) is 5.75 Å². The molecule has 2 aromatic rings. The van der Waals surface area contributed by atoms with Crippen molar-refractivity contribution in [2.24, 2.45) is 0 Å². The lowest BCUT2D eigenvalue weighted by Gasteiger charge is -2.20. The molecule has 2 rings (SSSR count). The summed E-state index contributed by atoms with van der Waals surface area (Å²) < 4.78 is 18.6. The van der Waals surface area contributed by atoms with Gasteiger partial charge in [-0.2, -0.15) is 0 Å². The molecule has 0 aromatic heterocycles. The lowest BCUT2D eigenvalue weighted by Crippen LogP contribution is -2.10. The van der Waals surface area contributed by atoms with Crippen molar-refractivity contribution in [2.45, 2.75) is 19.4 Å². The van der Waals surface area contributed by atoms with Crippen molar-refractivity contribution in [3.05, 3.63) is 59.9 Å². The highest BCUT2D eigenvalue weighted by molar-refractivity contribution is 5.57. The Morgan fingerprint density at radius 2 is 1.95 bits per heavy atom. The van der Waals surface area contributed by atoms with E-state index in [9.17, 15) is 4.39 Å². The summed E-state index contributed by atoms with van der Waals surface area (Å²) >= 11 is 0. The standard InChI is InChI=1S/C16H18FNO/c1-3-14(12-7-6-8-13(17)11-12)18-15-9-4-5-10-16(15)19-2/h4-11,14,18H,3H2,1-2H3. The third-order valence-electron chi connectivity index (χ3n) is 3.10. The third-order valence-corrected chi connectivity index (χ3v) is 3.10. The number of methoxy groups -OCH3 is 1. The van der Waals surface area contributed by atoms with Crippen molar-refractivity contribution in [1.82, 2.24) is 0 Å². The summed E-state index contributed by atoms with van der Waals surface area (Å²) in [6, 6.07) is 14.5. The lowest BCUT2D eigenvalue weighted by atomic mass is 10.0. The van der Waals surface area contributed by atoms with Crippen molar-refractivity contribution in [2.75, 3.05) is 12.4 Å². The number of ether oxygens (including phenoxy) is 1. The maximum Gasteiger partial charge on any atom is 0.141 e. The van der Waals surface area contributed by atoms with E-state index in [0.717, 1.165) is 23.4 Å². The average Bonchev–Trinajstić information content (AvgIpc) is 2.45. The van der Waals surface area contributed by atoms with Gasteiger partial charge in [-0.1, -0.05) is 31.2 Å². The van der Waals surface area contributed by atoms with Crippen LogP contribution in [-0.2, 0) is 0 Å². The largest absolute Gasteiger partial charge is 0.495 e. The van der Waals surface area contributed by atoms with E-state index >= 15 is 0 Å². The lowest BCUT2D eigenvalue weighted by molar-refractivity contribution is 0.416. The van der Waals surface area contributed by atoms with Crippen LogP contribution in [0.15, 0.2) is 48.5 Å². The fourth-order valence-corrected chi connectivity index (χ4v) is 2.10.